The SMILES string of the molecule is CC(=O)c1cccc(SCC2Cc3cc(C)ccc3O2)c1. The van der Waals surface area contributed by atoms with Crippen molar-refractivity contribution in [2.45, 2.75) is 31.3 Å². The highest BCUT2D eigenvalue weighted by Gasteiger charge is 2.22. The van der Waals surface area contributed by atoms with E-state index in [0.29, 0.717) is 0 Å². The van der Waals surface area contributed by atoms with Gasteiger partial charge in [-0.15, -0.1) is 11.8 Å². The number of ether oxygens (including phenoxy) is 1. The van der Waals surface area contributed by atoms with Gasteiger partial charge >= 0.3 is 0 Å². The van der Waals surface area contributed by atoms with E-state index in [0.717, 1.165) is 28.4 Å². The average Bonchev–Trinajstić information content (AvgIpc) is 2.87. The van der Waals surface area contributed by atoms with Crippen LogP contribution in [-0.2, 0) is 6.42 Å². The van der Waals surface area contributed by atoms with Gasteiger partial charge in [-0.3, -0.25) is 4.79 Å². The molecule has 0 bridgehead atoms. The largest absolute Gasteiger partial charge is 0.489 e. The number of hydrogen-bond donors (Lipinski definition) is 0. The first-order valence-electron chi connectivity index (χ1n) is 7.12. The molecule has 21 heavy (non-hydrogen) atoms. The lowest BCUT2D eigenvalue weighted by molar-refractivity contribution is 0.101. The number of aryl methyl sites for hydroxylation is 1. The van der Waals surface area contributed by atoms with Gasteiger partial charge in [0.2, 0.25) is 0 Å². The normalized spacial score (nSPS) is 16.4. The van der Waals surface area contributed by atoms with Crippen molar-refractivity contribution < 1.29 is 9.53 Å². The minimum absolute atomic E-state index is 0.109. The van der Waals surface area contributed by atoms with Crippen LogP contribution in [0.5, 0.6) is 5.75 Å². The number of thioether (sulfide) groups is 1. The van der Waals surface area contributed by atoms with Crippen LogP contribution in [-0.4, -0.2) is 17.6 Å². The molecule has 0 radical (unpaired) electrons. The molecular weight excluding hydrogens is 280 g/mol. The summed E-state index contributed by atoms with van der Waals surface area (Å²) in [6, 6.07) is 14.2. The van der Waals surface area contributed by atoms with Crippen LogP contribution in [0, 0.1) is 6.92 Å². The fourth-order valence-electron chi connectivity index (χ4n) is 2.54. The highest BCUT2D eigenvalue weighted by Crippen LogP contribution is 2.32. The Morgan fingerprint density at radius 2 is 2.14 bits per heavy atom. The first kappa shape index (κ1) is 14.2. The minimum Gasteiger partial charge on any atom is -0.489 e. The molecule has 2 aromatic carbocycles. The molecular formula is C18H18O2S. The van der Waals surface area contributed by atoms with Gasteiger partial charge in [0.05, 0.1) is 0 Å². The highest BCUT2D eigenvalue weighted by atomic mass is 32.2. The van der Waals surface area contributed by atoms with Gasteiger partial charge in [-0.1, -0.05) is 29.8 Å². The number of hydrogen-bond acceptors (Lipinski definition) is 3. The maximum atomic E-state index is 11.4. The fourth-order valence-corrected chi connectivity index (χ4v) is 3.49. The molecule has 3 heteroatoms. The van der Waals surface area contributed by atoms with Crippen molar-refractivity contribution in [1.29, 1.82) is 0 Å². The molecule has 1 heterocycles. The summed E-state index contributed by atoms with van der Waals surface area (Å²) in [6.07, 6.45) is 1.18. The minimum atomic E-state index is 0.109. The first-order chi connectivity index (χ1) is 10.1. The van der Waals surface area contributed by atoms with Crippen LogP contribution in [0.2, 0.25) is 0 Å². The summed E-state index contributed by atoms with van der Waals surface area (Å²) < 4.78 is 5.97. The van der Waals surface area contributed by atoms with Gasteiger partial charge < -0.3 is 4.74 Å². The summed E-state index contributed by atoms with van der Waals surface area (Å²) in [6.45, 7) is 3.71. The Morgan fingerprint density at radius 1 is 1.29 bits per heavy atom. The van der Waals surface area contributed by atoms with Gasteiger partial charge in [0.15, 0.2) is 5.78 Å². The molecule has 108 valence electrons. The van der Waals surface area contributed by atoms with Crippen molar-refractivity contribution in [3.8, 4) is 5.75 Å². The van der Waals surface area contributed by atoms with Crippen LogP contribution in [0.4, 0.5) is 0 Å². The Balaban J connectivity index is 1.62. The van der Waals surface area contributed by atoms with Gasteiger partial charge in [-0.25, -0.2) is 0 Å². The lowest BCUT2D eigenvalue weighted by Gasteiger charge is -2.10. The molecule has 0 spiro atoms. The number of fused-ring (bicyclic) bond motifs is 1. The maximum absolute atomic E-state index is 11.4. The monoisotopic (exact) mass is 298 g/mol. The molecule has 0 aromatic heterocycles. The molecule has 2 nitrogen and oxygen atoms in total. The molecule has 0 N–H and O–H groups in total. The van der Waals surface area contributed by atoms with E-state index in [1.54, 1.807) is 18.7 Å². The molecule has 3 rings (SSSR count). The molecule has 2 aromatic rings. The molecule has 0 fully saturated rings. The van der Waals surface area contributed by atoms with E-state index in [1.807, 2.05) is 24.3 Å². The van der Waals surface area contributed by atoms with E-state index in [4.69, 9.17) is 4.74 Å². The zero-order chi connectivity index (χ0) is 14.8. The van der Waals surface area contributed by atoms with Crippen molar-refractivity contribution >= 4 is 17.5 Å². The van der Waals surface area contributed by atoms with Gasteiger partial charge in [-0.05, 0) is 37.6 Å². The molecule has 0 saturated heterocycles. The van der Waals surface area contributed by atoms with Gasteiger partial charge in [-0.2, -0.15) is 0 Å². The summed E-state index contributed by atoms with van der Waals surface area (Å²) >= 11 is 1.75. The van der Waals surface area contributed by atoms with Gasteiger partial charge in [0, 0.05) is 22.6 Å². The maximum Gasteiger partial charge on any atom is 0.159 e. The zero-order valence-corrected chi connectivity index (χ0v) is 13.1. The molecule has 1 unspecified atom stereocenters. The van der Waals surface area contributed by atoms with E-state index >= 15 is 0 Å². The summed E-state index contributed by atoms with van der Waals surface area (Å²) in [5, 5.41) is 0. The topological polar surface area (TPSA) is 26.3 Å². The Morgan fingerprint density at radius 3 is 2.95 bits per heavy atom. The van der Waals surface area contributed by atoms with Crippen LogP contribution >= 0.6 is 11.8 Å². The number of carbonyl (C=O) groups excluding carboxylic acids is 1. The van der Waals surface area contributed by atoms with Gasteiger partial charge in [0.1, 0.15) is 11.9 Å². The standard InChI is InChI=1S/C18H18O2S/c1-12-6-7-18-15(8-12)9-16(20-18)11-21-17-5-3-4-14(10-17)13(2)19/h3-8,10,16H,9,11H2,1-2H3. The second-order valence-corrected chi connectivity index (χ2v) is 6.54. The molecule has 1 aliphatic heterocycles. The number of ketones is 1. The van der Waals surface area contributed by atoms with Crippen molar-refractivity contribution in [3.63, 3.8) is 0 Å². The lowest BCUT2D eigenvalue weighted by Crippen LogP contribution is -2.15. The summed E-state index contributed by atoms with van der Waals surface area (Å²) in [7, 11) is 0. The summed E-state index contributed by atoms with van der Waals surface area (Å²) in [5.74, 6) is 2.02. The van der Waals surface area contributed by atoms with Gasteiger partial charge in [0.25, 0.3) is 0 Å². The van der Waals surface area contributed by atoms with Crippen molar-refractivity contribution in [1.82, 2.24) is 0 Å². The quantitative estimate of drug-likeness (QED) is 0.622. The van der Waals surface area contributed by atoms with E-state index < -0.39 is 0 Å². The van der Waals surface area contributed by atoms with E-state index in [1.165, 1.54) is 11.1 Å². The van der Waals surface area contributed by atoms with Crippen LogP contribution < -0.4 is 4.74 Å². The Labute approximate surface area is 129 Å². The Hall–Kier alpha value is -1.74. The fraction of sp³-hybridized carbons (Fsp3) is 0.278. The van der Waals surface area contributed by atoms with E-state index in [2.05, 4.69) is 25.1 Å². The first-order valence-corrected chi connectivity index (χ1v) is 8.10. The van der Waals surface area contributed by atoms with Crippen LogP contribution in [0.3, 0.4) is 0 Å². The lowest BCUT2D eigenvalue weighted by atomic mass is 10.1. The van der Waals surface area contributed by atoms with Crippen molar-refractivity contribution in [2.75, 3.05) is 5.75 Å². The molecule has 0 amide bonds. The highest BCUT2D eigenvalue weighted by molar-refractivity contribution is 7.99. The Kier molecular flexibility index (Phi) is 4.02. The van der Waals surface area contributed by atoms with Crippen molar-refractivity contribution in [3.05, 3.63) is 59.2 Å². The third-order valence-electron chi connectivity index (χ3n) is 3.63. The Bertz CT molecular complexity index is 679. The van der Waals surface area contributed by atoms with Crippen LogP contribution in [0.1, 0.15) is 28.4 Å². The van der Waals surface area contributed by atoms with E-state index in [-0.39, 0.29) is 11.9 Å². The molecule has 0 aliphatic carbocycles. The number of carbonyl (C=O) groups is 1. The molecule has 0 saturated carbocycles. The number of rotatable bonds is 4. The third kappa shape index (κ3) is 3.30. The molecule has 1 aliphatic rings. The van der Waals surface area contributed by atoms with Crippen LogP contribution in [0.25, 0.3) is 0 Å². The molecule has 1 atom stereocenters. The smallest absolute Gasteiger partial charge is 0.159 e. The second-order valence-electron chi connectivity index (χ2n) is 5.45. The average molecular weight is 298 g/mol. The summed E-state index contributed by atoms with van der Waals surface area (Å²) in [5.41, 5.74) is 3.35. The van der Waals surface area contributed by atoms with Crippen molar-refractivity contribution in [2.24, 2.45) is 0 Å². The third-order valence-corrected chi connectivity index (χ3v) is 4.76. The van der Waals surface area contributed by atoms with Crippen LogP contribution in [0.15, 0.2) is 47.4 Å². The second kappa shape index (κ2) is 5.94. The number of benzene rings is 2. The van der Waals surface area contributed by atoms with E-state index in [9.17, 15) is 4.79 Å². The number of Topliss-reactive ketones (excluding diaryl/α,β-unsaturated/α-hetero) is 1. The zero-order valence-electron chi connectivity index (χ0n) is 12.3. The summed E-state index contributed by atoms with van der Waals surface area (Å²) in [4.78, 5) is 12.5. The predicted molar refractivity (Wildman–Crippen MR) is 86.5 cm³/mol. The predicted octanol–water partition coefficient (Wildman–Crippen LogP) is 4.29.